The van der Waals surface area contributed by atoms with Gasteiger partial charge in [-0.05, 0) is 33.6 Å². The molecule has 16 heavy (non-hydrogen) atoms. The van der Waals surface area contributed by atoms with Crippen LogP contribution in [0.25, 0.3) is 0 Å². The van der Waals surface area contributed by atoms with Crippen molar-refractivity contribution in [2.45, 2.75) is 64.1 Å². The van der Waals surface area contributed by atoms with E-state index in [9.17, 15) is 13.5 Å². The Labute approximate surface area is 97.8 Å². The van der Waals surface area contributed by atoms with Crippen molar-refractivity contribution < 1.29 is 13.5 Å². The van der Waals surface area contributed by atoms with Crippen LogP contribution in [-0.4, -0.2) is 31.2 Å². The summed E-state index contributed by atoms with van der Waals surface area (Å²) < 4.78 is 28.5. The molecule has 0 aromatic heterocycles. The number of hydrogen-bond donors (Lipinski definition) is 3. The van der Waals surface area contributed by atoms with E-state index >= 15 is 0 Å². The van der Waals surface area contributed by atoms with Crippen LogP contribution >= 0.6 is 0 Å². The minimum atomic E-state index is -3.53. The second kappa shape index (κ2) is 5.00. The van der Waals surface area contributed by atoms with Crippen LogP contribution in [0.5, 0.6) is 0 Å². The Hall–Kier alpha value is -0.170. The lowest BCUT2D eigenvalue weighted by Gasteiger charge is -2.29. The largest absolute Gasteiger partial charge is 0.391 e. The molecule has 1 saturated carbocycles. The summed E-state index contributed by atoms with van der Waals surface area (Å²) in [5.74, 6) is 0. The average molecular weight is 250 g/mol. The predicted octanol–water partition coefficient (Wildman–Crippen LogP) is 0.512. The van der Waals surface area contributed by atoms with Crippen molar-refractivity contribution >= 4 is 10.2 Å². The normalized spacial score (nSPS) is 28.0. The monoisotopic (exact) mass is 250 g/mol. The van der Waals surface area contributed by atoms with Crippen molar-refractivity contribution in [3.63, 3.8) is 0 Å². The molecular formula is C10H22N2O3S. The van der Waals surface area contributed by atoms with E-state index in [0.717, 1.165) is 12.8 Å². The molecule has 3 N–H and O–H groups in total. The minimum absolute atomic E-state index is 0.353. The van der Waals surface area contributed by atoms with Crippen LogP contribution in [0.4, 0.5) is 0 Å². The highest BCUT2D eigenvalue weighted by Gasteiger charge is 2.29. The van der Waals surface area contributed by atoms with Gasteiger partial charge in [-0.25, -0.2) is 0 Å². The van der Waals surface area contributed by atoms with Gasteiger partial charge in [0.25, 0.3) is 10.2 Å². The van der Waals surface area contributed by atoms with Gasteiger partial charge in [0, 0.05) is 11.6 Å². The number of aliphatic hydroxyl groups excluding tert-OH is 1. The molecule has 0 bridgehead atoms. The van der Waals surface area contributed by atoms with E-state index in [1.54, 1.807) is 20.8 Å². The summed E-state index contributed by atoms with van der Waals surface area (Å²) in [6, 6.07) is -0.353. The molecule has 0 spiro atoms. The maximum absolute atomic E-state index is 11.7. The van der Waals surface area contributed by atoms with Gasteiger partial charge in [-0.2, -0.15) is 17.9 Å². The number of aliphatic hydroxyl groups is 1. The van der Waals surface area contributed by atoms with Crippen LogP contribution in [-0.2, 0) is 10.2 Å². The van der Waals surface area contributed by atoms with E-state index in [2.05, 4.69) is 9.44 Å². The molecule has 1 aliphatic rings. The molecule has 2 unspecified atom stereocenters. The maximum atomic E-state index is 11.7. The Morgan fingerprint density at radius 2 is 1.75 bits per heavy atom. The van der Waals surface area contributed by atoms with E-state index in [1.165, 1.54) is 0 Å². The van der Waals surface area contributed by atoms with E-state index < -0.39 is 21.9 Å². The summed E-state index contributed by atoms with van der Waals surface area (Å²) in [5.41, 5.74) is -0.508. The summed E-state index contributed by atoms with van der Waals surface area (Å²) in [6.45, 7) is 5.34. The molecule has 96 valence electrons. The fourth-order valence-corrected chi connectivity index (χ4v) is 3.42. The molecule has 0 amide bonds. The first kappa shape index (κ1) is 13.9. The third kappa shape index (κ3) is 4.78. The van der Waals surface area contributed by atoms with Crippen molar-refractivity contribution in [3.05, 3.63) is 0 Å². The second-order valence-electron chi connectivity index (χ2n) is 5.43. The van der Waals surface area contributed by atoms with E-state index in [4.69, 9.17) is 0 Å². The summed E-state index contributed by atoms with van der Waals surface area (Å²) in [6.07, 6.45) is 2.73. The highest BCUT2D eigenvalue weighted by Crippen LogP contribution is 2.19. The maximum Gasteiger partial charge on any atom is 0.277 e. The smallest absolute Gasteiger partial charge is 0.277 e. The molecule has 0 aliphatic heterocycles. The van der Waals surface area contributed by atoms with Gasteiger partial charge < -0.3 is 5.11 Å². The Balaban J connectivity index is 2.58. The third-order valence-electron chi connectivity index (χ3n) is 2.48. The second-order valence-corrected chi connectivity index (χ2v) is 6.88. The van der Waals surface area contributed by atoms with Crippen LogP contribution < -0.4 is 9.44 Å². The zero-order valence-corrected chi connectivity index (χ0v) is 11.0. The van der Waals surface area contributed by atoms with E-state index in [0.29, 0.717) is 12.8 Å². The average Bonchev–Trinajstić information content (AvgIpc) is 2.04. The van der Waals surface area contributed by atoms with Gasteiger partial charge in [-0.1, -0.05) is 12.8 Å². The van der Waals surface area contributed by atoms with Crippen LogP contribution in [0.2, 0.25) is 0 Å². The van der Waals surface area contributed by atoms with Gasteiger partial charge in [-0.3, -0.25) is 0 Å². The Kier molecular flexibility index (Phi) is 4.34. The first-order valence-corrected chi connectivity index (χ1v) is 7.17. The lowest BCUT2D eigenvalue weighted by atomic mass is 9.93. The lowest BCUT2D eigenvalue weighted by molar-refractivity contribution is 0.101. The molecule has 5 nitrogen and oxygen atoms in total. The summed E-state index contributed by atoms with van der Waals surface area (Å²) in [4.78, 5) is 0. The Morgan fingerprint density at radius 1 is 1.19 bits per heavy atom. The Morgan fingerprint density at radius 3 is 2.25 bits per heavy atom. The molecule has 0 aromatic carbocycles. The first-order valence-electron chi connectivity index (χ1n) is 5.69. The fourth-order valence-electron chi connectivity index (χ4n) is 1.88. The molecule has 0 saturated heterocycles. The zero-order chi connectivity index (χ0) is 12.4. The summed E-state index contributed by atoms with van der Waals surface area (Å²) in [7, 11) is -3.53. The van der Waals surface area contributed by atoms with Gasteiger partial charge in [0.05, 0.1) is 6.10 Å². The van der Waals surface area contributed by atoms with Gasteiger partial charge in [0.15, 0.2) is 0 Å². The first-order chi connectivity index (χ1) is 7.20. The Bertz CT molecular complexity index is 321. The summed E-state index contributed by atoms with van der Waals surface area (Å²) in [5, 5.41) is 9.68. The van der Waals surface area contributed by atoms with Crippen molar-refractivity contribution in [1.29, 1.82) is 0 Å². The van der Waals surface area contributed by atoms with Gasteiger partial charge >= 0.3 is 0 Å². The van der Waals surface area contributed by atoms with Crippen molar-refractivity contribution in [1.82, 2.24) is 9.44 Å². The third-order valence-corrected chi connectivity index (χ3v) is 3.97. The van der Waals surface area contributed by atoms with Gasteiger partial charge in [0.1, 0.15) is 0 Å². The number of hydrogen-bond acceptors (Lipinski definition) is 3. The number of rotatable bonds is 3. The SMILES string of the molecule is CC(C)(C)NS(=O)(=O)NC1CCCCC1O. The van der Waals surface area contributed by atoms with E-state index in [-0.39, 0.29) is 6.04 Å². The topological polar surface area (TPSA) is 78.4 Å². The molecule has 0 radical (unpaired) electrons. The van der Waals surface area contributed by atoms with Crippen molar-refractivity contribution in [2.24, 2.45) is 0 Å². The number of nitrogens with one attached hydrogen (secondary N) is 2. The van der Waals surface area contributed by atoms with Crippen molar-refractivity contribution in [3.8, 4) is 0 Å². The fraction of sp³-hybridized carbons (Fsp3) is 1.00. The highest BCUT2D eigenvalue weighted by atomic mass is 32.2. The standard InChI is InChI=1S/C10H22N2O3S/c1-10(2,3)12-16(14,15)11-8-6-4-5-7-9(8)13/h8-9,11-13H,4-7H2,1-3H3. The molecule has 0 heterocycles. The molecule has 6 heteroatoms. The van der Waals surface area contributed by atoms with Crippen LogP contribution in [0, 0.1) is 0 Å². The molecular weight excluding hydrogens is 228 g/mol. The van der Waals surface area contributed by atoms with Crippen LogP contribution in [0.3, 0.4) is 0 Å². The molecule has 0 aromatic rings. The van der Waals surface area contributed by atoms with Gasteiger partial charge in [-0.15, -0.1) is 0 Å². The zero-order valence-electron chi connectivity index (χ0n) is 10.2. The summed E-state index contributed by atoms with van der Waals surface area (Å²) >= 11 is 0. The minimum Gasteiger partial charge on any atom is -0.391 e. The van der Waals surface area contributed by atoms with E-state index in [1.807, 2.05) is 0 Å². The van der Waals surface area contributed by atoms with Crippen LogP contribution in [0.1, 0.15) is 46.5 Å². The molecule has 1 aliphatic carbocycles. The van der Waals surface area contributed by atoms with Crippen LogP contribution in [0.15, 0.2) is 0 Å². The molecule has 2 atom stereocenters. The molecule has 1 fully saturated rings. The van der Waals surface area contributed by atoms with Gasteiger partial charge in [0.2, 0.25) is 0 Å². The highest BCUT2D eigenvalue weighted by molar-refractivity contribution is 7.87. The lowest BCUT2D eigenvalue weighted by Crippen LogP contribution is -2.53. The molecule has 1 rings (SSSR count). The quantitative estimate of drug-likeness (QED) is 0.683. The predicted molar refractivity (Wildman–Crippen MR) is 63.2 cm³/mol. The van der Waals surface area contributed by atoms with Crippen molar-refractivity contribution in [2.75, 3.05) is 0 Å².